The summed E-state index contributed by atoms with van der Waals surface area (Å²) in [6.45, 7) is 1.93. The van der Waals surface area contributed by atoms with Crippen LogP contribution in [0.15, 0.2) is 27.2 Å². The summed E-state index contributed by atoms with van der Waals surface area (Å²) in [6.07, 6.45) is 0. The van der Waals surface area contributed by atoms with Gasteiger partial charge in [0.25, 0.3) is 0 Å². The lowest BCUT2D eigenvalue weighted by atomic mass is 10.1. The number of nitrogens with zero attached hydrogens (tertiary/aromatic N) is 1. The summed E-state index contributed by atoms with van der Waals surface area (Å²) < 4.78 is 5.78. The van der Waals surface area contributed by atoms with E-state index in [1.54, 1.807) is 0 Å². The minimum Gasteiger partial charge on any atom is -0.380 e. The number of rotatable bonds is 1. The Morgan fingerprint density at radius 1 is 1.47 bits per heavy atom. The Bertz CT molecular complexity index is 510. The molecule has 2 aromatic rings. The summed E-state index contributed by atoms with van der Waals surface area (Å²) in [5.74, 6) is 0.963. The van der Waals surface area contributed by atoms with E-state index < -0.39 is 0 Å². The highest BCUT2D eigenvalue weighted by Gasteiger charge is 2.13. The predicted octanol–water partition coefficient (Wildman–Crippen LogP) is 3.65. The van der Waals surface area contributed by atoms with Gasteiger partial charge >= 0.3 is 0 Å². The zero-order valence-electron chi connectivity index (χ0n) is 7.92. The van der Waals surface area contributed by atoms with Crippen LogP contribution in [0.5, 0.6) is 0 Å². The van der Waals surface area contributed by atoms with Gasteiger partial charge in [-0.3, -0.25) is 0 Å². The molecule has 0 saturated carbocycles. The zero-order valence-corrected chi connectivity index (χ0v) is 10.3. The normalized spacial score (nSPS) is 10.6. The van der Waals surface area contributed by atoms with E-state index >= 15 is 0 Å². The standard InChI is InChI=1S/C10H8BrClN2O/c1-5-4-6(2-3-7(5)12)9-8(11)10(13)14-15-9/h2-4H,1H3,(H2,13,14). The molecule has 0 aliphatic rings. The SMILES string of the molecule is Cc1cc(-c2onc(N)c2Br)ccc1Cl. The Balaban J connectivity index is 2.55. The Morgan fingerprint density at radius 3 is 2.73 bits per heavy atom. The third-order valence-electron chi connectivity index (χ3n) is 2.08. The highest BCUT2D eigenvalue weighted by atomic mass is 79.9. The van der Waals surface area contributed by atoms with E-state index in [4.69, 9.17) is 21.9 Å². The number of hydrogen-bond donors (Lipinski definition) is 1. The highest BCUT2D eigenvalue weighted by Crippen LogP contribution is 2.33. The predicted molar refractivity (Wildman–Crippen MR) is 63.8 cm³/mol. The maximum atomic E-state index is 5.93. The second kappa shape index (κ2) is 3.87. The van der Waals surface area contributed by atoms with Gasteiger partial charge in [-0.05, 0) is 46.6 Å². The number of anilines is 1. The van der Waals surface area contributed by atoms with Crippen LogP contribution in [0, 0.1) is 6.92 Å². The van der Waals surface area contributed by atoms with E-state index in [0.717, 1.165) is 16.1 Å². The molecule has 0 aliphatic heterocycles. The van der Waals surface area contributed by atoms with Crippen molar-refractivity contribution in [3.05, 3.63) is 33.3 Å². The number of aromatic nitrogens is 1. The molecule has 0 saturated heterocycles. The zero-order chi connectivity index (χ0) is 11.0. The van der Waals surface area contributed by atoms with Crippen LogP contribution < -0.4 is 5.73 Å². The molecule has 0 fully saturated rings. The van der Waals surface area contributed by atoms with Gasteiger partial charge in [0.05, 0.1) is 0 Å². The lowest BCUT2D eigenvalue weighted by molar-refractivity contribution is 0.435. The largest absolute Gasteiger partial charge is 0.380 e. The minimum atomic E-state index is 0.345. The molecule has 0 amide bonds. The lowest BCUT2D eigenvalue weighted by Gasteiger charge is -2.00. The van der Waals surface area contributed by atoms with Crippen LogP contribution in [0.4, 0.5) is 5.82 Å². The Morgan fingerprint density at radius 2 is 2.20 bits per heavy atom. The van der Waals surface area contributed by atoms with E-state index in [0.29, 0.717) is 16.1 Å². The van der Waals surface area contributed by atoms with Gasteiger partial charge in [0.15, 0.2) is 11.6 Å². The molecule has 0 unspecified atom stereocenters. The molecule has 3 nitrogen and oxygen atoms in total. The van der Waals surface area contributed by atoms with Crippen LogP contribution >= 0.6 is 27.5 Å². The maximum absolute atomic E-state index is 5.93. The summed E-state index contributed by atoms with van der Waals surface area (Å²) in [7, 11) is 0. The molecule has 1 heterocycles. The fraction of sp³-hybridized carbons (Fsp3) is 0.100. The second-order valence-corrected chi connectivity index (χ2v) is 4.38. The third kappa shape index (κ3) is 1.87. The molecule has 0 spiro atoms. The second-order valence-electron chi connectivity index (χ2n) is 3.17. The molecular weight excluding hydrogens is 279 g/mol. The minimum absolute atomic E-state index is 0.345. The average molecular weight is 288 g/mol. The van der Waals surface area contributed by atoms with Crippen LogP contribution in [0.3, 0.4) is 0 Å². The van der Waals surface area contributed by atoms with Gasteiger partial charge in [-0.25, -0.2) is 0 Å². The average Bonchev–Trinajstić information content (AvgIpc) is 2.53. The molecule has 5 heteroatoms. The molecule has 0 atom stereocenters. The van der Waals surface area contributed by atoms with Crippen molar-refractivity contribution in [1.29, 1.82) is 0 Å². The van der Waals surface area contributed by atoms with Crippen molar-refractivity contribution in [2.45, 2.75) is 6.92 Å². The fourth-order valence-electron chi connectivity index (χ4n) is 1.26. The Hall–Kier alpha value is -1.000. The van der Waals surface area contributed by atoms with Crippen LogP contribution in [0.1, 0.15) is 5.56 Å². The molecule has 1 aromatic carbocycles. The van der Waals surface area contributed by atoms with Gasteiger partial charge < -0.3 is 10.3 Å². The summed E-state index contributed by atoms with van der Waals surface area (Å²) in [4.78, 5) is 0. The fourth-order valence-corrected chi connectivity index (χ4v) is 1.75. The van der Waals surface area contributed by atoms with Gasteiger partial charge in [0, 0.05) is 10.6 Å². The number of nitrogens with two attached hydrogens (primary N) is 1. The van der Waals surface area contributed by atoms with E-state index in [-0.39, 0.29) is 0 Å². The lowest BCUT2D eigenvalue weighted by Crippen LogP contribution is -1.84. The highest BCUT2D eigenvalue weighted by molar-refractivity contribution is 9.10. The quantitative estimate of drug-likeness (QED) is 0.871. The maximum Gasteiger partial charge on any atom is 0.183 e. The Labute approximate surface area is 100 Å². The molecule has 0 aliphatic carbocycles. The summed E-state index contributed by atoms with van der Waals surface area (Å²) in [6, 6.07) is 5.60. The van der Waals surface area contributed by atoms with Crippen molar-refractivity contribution in [1.82, 2.24) is 5.16 Å². The van der Waals surface area contributed by atoms with Gasteiger partial charge in [0.1, 0.15) is 4.47 Å². The van der Waals surface area contributed by atoms with E-state index in [1.807, 2.05) is 25.1 Å². The van der Waals surface area contributed by atoms with Crippen molar-refractivity contribution in [2.75, 3.05) is 5.73 Å². The number of aryl methyl sites for hydroxylation is 1. The topological polar surface area (TPSA) is 52.0 Å². The van der Waals surface area contributed by atoms with Crippen molar-refractivity contribution in [3.63, 3.8) is 0 Å². The van der Waals surface area contributed by atoms with Crippen molar-refractivity contribution >= 4 is 33.3 Å². The first-order valence-corrected chi connectivity index (χ1v) is 5.44. The molecule has 2 N–H and O–H groups in total. The smallest absolute Gasteiger partial charge is 0.183 e. The Kier molecular flexibility index (Phi) is 2.71. The van der Waals surface area contributed by atoms with Crippen molar-refractivity contribution in [2.24, 2.45) is 0 Å². The van der Waals surface area contributed by atoms with Crippen LogP contribution in [0.25, 0.3) is 11.3 Å². The van der Waals surface area contributed by atoms with Crippen molar-refractivity contribution < 1.29 is 4.52 Å². The molecular formula is C10H8BrClN2O. The first-order chi connectivity index (χ1) is 7.09. The number of nitrogen functional groups attached to an aromatic ring is 1. The van der Waals surface area contributed by atoms with Crippen LogP contribution in [0.2, 0.25) is 5.02 Å². The number of halogens is 2. The monoisotopic (exact) mass is 286 g/mol. The van der Waals surface area contributed by atoms with Crippen LogP contribution in [-0.4, -0.2) is 5.16 Å². The van der Waals surface area contributed by atoms with Gasteiger partial charge in [-0.15, -0.1) is 0 Å². The molecule has 78 valence electrons. The van der Waals surface area contributed by atoms with Gasteiger partial charge in [-0.2, -0.15) is 0 Å². The molecule has 15 heavy (non-hydrogen) atoms. The molecule has 1 aromatic heterocycles. The molecule has 0 bridgehead atoms. The van der Waals surface area contributed by atoms with Gasteiger partial charge in [0.2, 0.25) is 0 Å². The van der Waals surface area contributed by atoms with E-state index in [1.165, 1.54) is 0 Å². The molecule has 0 radical (unpaired) electrons. The number of benzene rings is 1. The third-order valence-corrected chi connectivity index (χ3v) is 3.27. The molecule has 2 rings (SSSR count). The van der Waals surface area contributed by atoms with Gasteiger partial charge in [-0.1, -0.05) is 16.8 Å². The summed E-state index contributed by atoms with van der Waals surface area (Å²) in [5, 5.41) is 4.39. The first kappa shape index (κ1) is 10.5. The summed E-state index contributed by atoms with van der Waals surface area (Å²) in [5.41, 5.74) is 7.45. The summed E-state index contributed by atoms with van der Waals surface area (Å²) >= 11 is 9.25. The van der Waals surface area contributed by atoms with Crippen LogP contribution in [-0.2, 0) is 0 Å². The number of hydrogen-bond acceptors (Lipinski definition) is 3. The van der Waals surface area contributed by atoms with E-state index in [2.05, 4.69) is 21.1 Å². The van der Waals surface area contributed by atoms with Crippen molar-refractivity contribution in [3.8, 4) is 11.3 Å². The first-order valence-electron chi connectivity index (χ1n) is 4.26. The van der Waals surface area contributed by atoms with E-state index in [9.17, 15) is 0 Å².